The van der Waals surface area contributed by atoms with Crippen molar-refractivity contribution in [2.45, 2.75) is 65.2 Å². The lowest BCUT2D eigenvalue weighted by Gasteiger charge is -2.25. The van der Waals surface area contributed by atoms with Crippen LogP contribution in [0.1, 0.15) is 74.6 Å². The summed E-state index contributed by atoms with van der Waals surface area (Å²) in [6.45, 7) is 5.00. The SMILES string of the molecule is CCCCOc1ccc(N=Nc2ccc(C#Cc3c(F)cc4c(c3F)CCC(CCCC)C4)cc2)cc1. The van der Waals surface area contributed by atoms with Gasteiger partial charge in [-0.3, -0.25) is 0 Å². The van der Waals surface area contributed by atoms with E-state index in [0.29, 0.717) is 35.8 Å². The third-order valence-electron chi connectivity index (χ3n) is 6.77. The van der Waals surface area contributed by atoms with Crippen molar-refractivity contribution >= 4 is 11.4 Å². The Morgan fingerprint density at radius 3 is 2.24 bits per heavy atom. The van der Waals surface area contributed by atoms with Gasteiger partial charge in [-0.2, -0.15) is 10.2 Å². The normalized spacial score (nSPS) is 14.8. The number of rotatable bonds is 9. The summed E-state index contributed by atoms with van der Waals surface area (Å²) in [7, 11) is 0. The second-order valence-corrected chi connectivity index (χ2v) is 9.63. The Balaban J connectivity index is 1.40. The minimum atomic E-state index is -0.577. The van der Waals surface area contributed by atoms with E-state index in [4.69, 9.17) is 4.74 Å². The van der Waals surface area contributed by atoms with Crippen molar-refractivity contribution in [2.75, 3.05) is 6.61 Å². The van der Waals surface area contributed by atoms with Gasteiger partial charge >= 0.3 is 0 Å². The number of ether oxygens (including phenoxy) is 1. The van der Waals surface area contributed by atoms with E-state index in [2.05, 4.69) is 35.9 Å². The van der Waals surface area contributed by atoms with E-state index in [1.54, 1.807) is 24.3 Å². The van der Waals surface area contributed by atoms with Crippen molar-refractivity contribution in [2.24, 2.45) is 16.1 Å². The molecule has 4 rings (SSSR count). The second-order valence-electron chi connectivity index (χ2n) is 9.63. The summed E-state index contributed by atoms with van der Waals surface area (Å²) in [5, 5.41) is 8.52. The van der Waals surface area contributed by atoms with Gasteiger partial charge < -0.3 is 4.74 Å². The molecule has 0 saturated carbocycles. The summed E-state index contributed by atoms with van der Waals surface area (Å²) in [6.07, 6.45) is 7.91. The summed E-state index contributed by atoms with van der Waals surface area (Å²) in [6, 6.07) is 16.1. The Hall–Kier alpha value is -3.52. The lowest BCUT2D eigenvalue weighted by Crippen LogP contribution is -2.17. The fourth-order valence-corrected chi connectivity index (χ4v) is 4.58. The third-order valence-corrected chi connectivity index (χ3v) is 6.77. The van der Waals surface area contributed by atoms with Gasteiger partial charge in [-0.15, -0.1) is 0 Å². The van der Waals surface area contributed by atoms with Crippen LogP contribution in [0.3, 0.4) is 0 Å². The molecule has 3 aromatic carbocycles. The highest BCUT2D eigenvalue weighted by Crippen LogP contribution is 2.32. The maximum absolute atomic E-state index is 15.1. The van der Waals surface area contributed by atoms with Crippen molar-refractivity contribution in [3.8, 4) is 17.6 Å². The molecule has 1 unspecified atom stereocenters. The standard InChI is InChI=1S/C32H34F2N2O/c1-3-5-7-24-11-18-29-25(21-24)22-31(33)30(32(29)34)19-10-23-8-12-26(13-9-23)35-36-27-14-16-28(17-15-27)37-20-6-4-2/h8-9,12-17,22,24H,3-7,11,18,20-21H2,1-2H3. The minimum absolute atomic E-state index is 0.142. The number of nitrogens with zero attached hydrogens (tertiary/aromatic N) is 2. The summed E-state index contributed by atoms with van der Waals surface area (Å²) in [4.78, 5) is 0. The Morgan fingerprint density at radius 2 is 1.57 bits per heavy atom. The number of hydrogen-bond donors (Lipinski definition) is 0. The number of azo groups is 1. The van der Waals surface area contributed by atoms with Gasteiger partial charge in [0.25, 0.3) is 0 Å². The molecular weight excluding hydrogens is 466 g/mol. The molecule has 1 aliphatic rings. The fraction of sp³-hybridized carbons (Fsp3) is 0.375. The van der Waals surface area contributed by atoms with Gasteiger partial charge in [-0.25, -0.2) is 8.78 Å². The monoisotopic (exact) mass is 500 g/mol. The highest BCUT2D eigenvalue weighted by Gasteiger charge is 2.24. The first kappa shape index (κ1) is 26.5. The lowest BCUT2D eigenvalue weighted by atomic mass is 9.80. The average molecular weight is 501 g/mol. The molecule has 0 fully saturated rings. The number of hydrogen-bond acceptors (Lipinski definition) is 3. The molecule has 0 aromatic heterocycles. The van der Waals surface area contributed by atoms with Crippen molar-refractivity contribution in [1.29, 1.82) is 0 Å². The maximum Gasteiger partial charge on any atom is 0.145 e. The number of benzene rings is 3. The first-order chi connectivity index (χ1) is 18.1. The van der Waals surface area contributed by atoms with Gasteiger partial charge in [0.1, 0.15) is 17.4 Å². The zero-order valence-corrected chi connectivity index (χ0v) is 21.7. The van der Waals surface area contributed by atoms with Gasteiger partial charge in [0, 0.05) is 5.56 Å². The quantitative estimate of drug-likeness (QED) is 0.164. The number of unbranched alkanes of at least 4 members (excludes halogenated alkanes) is 2. The third kappa shape index (κ3) is 7.26. The topological polar surface area (TPSA) is 34.0 Å². The first-order valence-electron chi connectivity index (χ1n) is 13.3. The summed E-state index contributed by atoms with van der Waals surface area (Å²) in [5.74, 6) is 5.89. The van der Waals surface area contributed by atoms with Crippen LogP contribution >= 0.6 is 0 Å². The van der Waals surface area contributed by atoms with Crippen LogP contribution in [-0.2, 0) is 12.8 Å². The lowest BCUT2D eigenvalue weighted by molar-refractivity contribution is 0.309. The molecule has 0 amide bonds. The summed E-state index contributed by atoms with van der Waals surface area (Å²) < 4.78 is 35.6. The van der Waals surface area contributed by atoms with Crippen molar-refractivity contribution < 1.29 is 13.5 Å². The molecule has 192 valence electrons. The van der Waals surface area contributed by atoms with Crippen molar-refractivity contribution in [3.63, 3.8) is 0 Å². The Labute approximate surface area is 219 Å². The van der Waals surface area contributed by atoms with Crippen LogP contribution in [-0.4, -0.2) is 6.61 Å². The molecule has 3 nitrogen and oxygen atoms in total. The van der Waals surface area contributed by atoms with E-state index < -0.39 is 11.6 Å². The molecule has 0 aliphatic heterocycles. The molecule has 1 aliphatic carbocycles. The molecule has 3 aromatic rings. The Kier molecular flexibility index (Phi) is 9.43. The molecule has 0 saturated heterocycles. The molecular formula is C32H34F2N2O. The van der Waals surface area contributed by atoms with Crippen LogP contribution in [0.2, 0.25) is 0 Å². The maximum atomic E-state index is 15.1. The molecule has 0 N–H and O–H groups in total. The number of fused-ring (bicyclic) bond motifs is 1. The van der Waals surface area contributed by atoms with Crippen molar-refractivity contribution in [3.05, 3.63) is 88.5 Å². The van der Waals surface area contributed by atoms with Gasteiger partial charge in [0.15, 0.2) is 0 Å². The van der Waals surface area contributed by atoms with E-state index in [9.17, 15) is 4.39 Å². The smallest absolute Gasteiger partial charge is 0.145 e. The second kappa shape index (κ2) is 13.1. The Morgan fingerprint density at radius 1 is 0.892 bits per heavy atom. The van der Waals surface area contributed by atoms with E-state index in [-0.39, 0.29) is 5.56 Å². The van der Waals surface area contributed by atoms with Gasteiger partial charge in [0.2, 0.25) is 0 Å². The molecule has 0 heterocycles. The summed E-state index contributed by atoms with van der Waals surface area (Å²) in [5.41, 5.74) is 3.34. The van der Waals surface area contributed by atoms with Crippen LogP contribution in [0.4, 0.5) is 20.2 Å². The highest BCUT2D eigenvalue weighted by atomic mass is 19.1. The van der Waals surface area contributed by atoms with Crippen LogP contribution in [0, 0.1) is 29.4 Å². The summed E-state index contributed by atoms with van der Waals surface area (Å²) >= 11 is 0. The average Bonchev–Trinajstić information content (AvgIpc) is 2.92. The molecule has 5 heteroatoms. The highest BCUT2D eigenvalue weighted by molar-refractivity contribution is 5.51. The van der Waals surface area contributed by atoms with E-state index in [1.165, 1.54) is 6.07 Å². The molecule has 0 bridgehead atoms. The molecule has 0 spiro atoms. The van der Waals surface area contributed by atoms with Gasteiger partial charge in [0.05, 0.1) is 23.5 Å². The molecule has 1 atom stereocenters. The minimum Gasteiger partial charge on any atom is -0.494 e. The molecule has 0 radical (unpaired) electrons. The van der Waals surface area contributed by atoms with Crippen LogP contribution in [0.5, 0.6) is 5.75 Å². The van der Waals surface area contributed by atoms with Crippen molar-refractivity contribution in [1.82, 2.24) is 0 Å². The van der Waals surface area contributed by atoms with Gasteiger partial charge in [-0.05, 0) is 97.3 Å². The van der Waals surface area contributed by atoms with Crippen LogP contribution in [0.25, 0.3) is 0 Å². The first-order valence-corrected chi connectivity index (χ1v) is 13.3. The predicted molar refractivity (Wildman–Crippen MR) is 145 cm³/mol. The van der Waals surface area contributed by atoms with E-state index >= 15 is 4.39 Å². The Bertz CT molecular complexity index is 1270. The van der Waals surface area contributed by atoms with Crippen LogP contribution in [0.15, 0.2) is 64.8 Å². The largest absolute Gasteiger partial charge is 0.494 e. The van der Waals surface area contributed by atoms with Gasteiger partial charge in [-0.1, -0.05) is 51.4 Å². The zero-order chi connectivity index (χ0) is 26.0. The van der Waals surface area contributed by atoms with Crippen LogP contribution < -0.4 is 4.74 Å². The fourth-order valence-electron chi connectivity index (χ4n) is 4.58. The zero-order valence-electron chi connectivity index (χ0n) is 21.7. The predicted octanol–water partition coefficient (Wildman–Crippen LogP) is 9.25. The van der Waals surface area contributed by atoms with E-state index in [1.807, 2.05) is 24.3 Å². The molecule has 37 heavy (non-hydrogen) atoms. The van der Waals surface area contributed by atoms with E-state index in [0.717, 1.165) is 61.9 Å². The number of halogens is 2.